The van der Waals surface area contributed by atoms with Crippen LogP contribution in [0.4, 0.5) is 0 Å². The van der Waals surface area contributed by atoms with Crippen LogP contribution in [0.1, 0.15) is 20.8 Å². The highest BCUT2D eigenvalue weighted by Gasteiger charge is 2.12. The average Bonchev–Trinajstić information content (AvgIpc) is 2.32. The summed E-state index contributed by atoms with van der Waals surface area (Å²) in [5, 5.41) is 0.401. The molecule has 0 N–H and O–H groups in total. The van der Waals surface area contributed by atoms with Crippen LogP contribution in [0.2, 0.25) is 0 Å². The van der Waals surface area contributed by atoms with E-state index in [4.69, 9.17) is 9.15 Å². The maximum atomic E-state index is 11.8. The molecule has 0 atom stereocenters. The summed E-state index contributed by atoms with van der Waals surface area (Å²) < 4.78 is 11.7. The molecule has 5 nitrogen and oxygen atoms in total. The molecule has 0 saturated carbocycles. The van der Waals surface area contributed by atoms with Gasteiger partial charge in [-0.2, -0.15) is 0 Å². The summed E-state index contributed by atoms with van der Waals surface area (Å²) in [6.07, 6.45) is 0. The smallest absolute Gasteiger partial charge is 0.374 e. The van der Waals surface area contributed by atoms with Gasteiger partial charge in [-0.15, -0.1) is 0 Å². The van der Waals surface area contributed by atoms with Gasteiger partial charge in [-0.25, -0.2) is 9.59 Å². The molecular weight excluding hydrogens is 246 g/mol. The second-order valence-corrected chi connectivity index (χ2v) is 5.29. The molecule has 0 saturated heterocycles. The van der Waals surface area contributed by atoms with Crippen molar-refractivity contribution in [3.8, 4) is 0 Å². The van der Waals surface area contributed by atoms with E-state index in [9.17, 15) is 9.59 Å². The van der Waals surface area contributed by atoms with E-state index in [0.29, 0.717) is 24.1 Å². The lowest BCUT2D eigenvalue weighted by molar-refractivity contribution is -0.00737. The summed E-state index contributed by atoms with van der Waals surface area (Å²) in [7, 11) is 0. The molecule has 0 aliphatic carbocycles. The molecule has 1 heterocycles. The normalized spacial score (nSPS) is 11.9. The molecule has 19 heavy (non-hydrogen) atoms. The third-order valence-electron chi connectivity index (χ3n) is 2.67. The third-order valence-corrected chi connectivity index (χ3v) is 2.67. The van der Waals surface area contributed by atoms with Gasteiger partial charge in [-0.1, -0.05) is 12.1 Å². The van der Waals surface area contributed by atoms with Gasteiger partial charge in [-0.05, 0) is 32.9 Å². The van der Waals surface area contributed by atoms with Crippen molar-refractivity contribution in [2.45, 2.75) is 32.9 Å². The van der Waals surface area contributed by atoms with Crippen LogP contribution in [0.25, 0.3) is 10.9 Å². The Bertz CT molecular complexity index is 691. The van der Waals surface area contributed by atoms with Gasteiger partial charge in [0, 0.05) is 0 Å². The fourth-order valence-corrected chi connectivity index (χ4v) is 1.82. The molecule has 0 unspecified atom stereocenters. The van der Waals surface area contributed by atoms with Gasteiger partial charge in [0.05, 0.1) is 29.7 Å². The van der Waals surface area contributed by atoms with E-state index >= 15 is 0 Å². The molecule has 0 spiro atoms. The number of benzene rings is 1. The van der Waals surface area contributed by atoms with Gasteiger partial charge in [-0.3, -0.25) is 4.57 Å². The molecule has 0 aliphatic heterocycles. The fourth-order valence-electron chi connectivity index (χ4n) is 1.82. The van der Waals surface area contributed by atoms with E-state index in [0.717, 1.165) is 0 Å². The molecule has 1 aromatic carbocycles. The summed E-state index contributed by atoms with van der Waals surface area (Å²) >= 11 is 0. The zero-order valence-electron chi connectivity index (χ0n) is 11.3. The lowest BCUT2D eigenvalue weighted by Crippen LogP contribution is -2.29. The van der Waals surface area contributed by atoms with Crippen LogP contribution in [0.3, 0.4) is 0 Å². The molecule has 0 fully saturated rings. The first kappa shape index (κ1) is 13.5. The fraction of sp³-hybridized carbons (Fsp3) is 0.429. The largest absolute Gasteiger partial charge is 0.422 e. The summed E-state index contributed by atoms with van der Waals surface area (Å²) in [4.78, 5) is 23.3. The van der Waals surface area contributed by atoms with Gasteiger partial charge in [0.1, 0.15) is 0 Å². The zero-order chi connectivity index (χ0) is 14.0. The van der Waals surface area contributed by atoms with E-state index in [1.807, 2.05) is 20.8 Å². The minimum atomic E-state index is -0.652. The van der Waals surface area contributed by atoms with Gasteiger partial charge >= 0.3 is 11.4 Å². The van der Waals surface area contributed by atoms with Gasteiger partial charge < -0.3 is 9.15 Å². The van der Waals surface area contributed by atoms with Crippen molar-refractivity contribution in [3.05, 3.63) is 45.2 Å². The van der Waals surface area contributed by atoms with E-state index < -0.39 is 11.4 Å². The molecule has 0 bridgehead atoms. The molecule has 1 aromatic heterocycles. The van der Waals surface area contributed by atoms with E-state index in [2.05, 4.69) is 0 Å². The first-order valence-electron chi connectivity index (χ1n) is 6.15. The second kappa shape index (κ2) is 5.01. The number of hydrogen-bond donors (Lipinski definition) is 0. The number of rotatable bonds is 3. The molecule has 0 radical (unpaired) electrons. The quantitative estimate of drug-likeness (QED) is 0.846. The first-order valence-corrected chi connectivity index (χ1v) is 6.15. The molecule has 0 amide bonds. The second-order valence-electron chi connectivity index (χ2n) is 5.29. The Kier molecular flexibility index (Phi) is 3.57. The summed E-state index contributed by atoms with van der Waals surface area (Å²) in [6, 6.07) is 6.88. The van der Waals surface area contributed by atoms with Gasteiger partial charge in [0.2, 0.25) is 0 Å². The molecule has 5 heteroatoms. The predicted molar refractivity (Wildman–Crippen MR) is 72.4 cm³/mol. The van der Waals surface area contributed by atoms with Crippen molar-refractivity contribution in [2.75, 3.05) is 6.61 Å². The summed E-state index contributed by atoms with van der Waals surface area (Å²) in [5.74, 6) is -0.652. The van der Waals surface area contributed by atoms with Crippen molar-refractivity contribution >= 4 is 10.9 Å². The van der Waals surface area contributed by atoms with Crippen LogP contribution in [0.15, 0.2) is 38.3 Å². The number of nitrogens with zero attached hydrogens (tertiary/aromatic N) is 1. The highest BCUT2D eigenvalue weighted by molar-refractivity contribution is 5.77. The van der Waals surface area contributed by atoms with Crippen molar-refractivity contribution < 1.29 is 9.15 Å². The molecular formula is C14H17NO4. The predicted octanol–water partition coefficient (Wildman–Crippen LogP) is 1.77. The Hall–Kier alpha value is -1.88. The maximum Gasteiger partial charge on any atom is 0.422 e. The monoisotopic (exact) mass is 263 g/mol. The number of para-hydroxylation sites is 1. The average molecular weight is 263 g/mol. The standard InChI is InChI=1S/C14H17NO4/c1-14(2,3)18-9-8-15-11-7-5-4-6-10(11)12(16)19-13(15)17/h4-7H,8-9H2,1-3H3. The van der Waals surface area contributed by atoms with Crippen LogP contribution in [0, 0.1) is 0 Å². The SMILES string of the molecule is CC(C)(C)OCCn1c(=O)oc(=O)c2ccccc21. The minimum absolute atomic E-state index is 0.269. The minimum Gasteiger partial charge on any atom is -0.374 e. The van der Waals surface area contributed by atoms with Crippen LogP contribution in [-0.2, 0) is 11.3 Å². The summed E-state index contributed by atoms with van der Waals surface area (Å²) in [5.41, 5.74) is -0.301. The Morgan fingerprint density at radius 1 is 1.21 bits per heavy atom. The Balaban J connectivity index is 2.38. The van der Waals surface area contributed by atoms with Crippen molar-refractivity contribution in [1.29, 1.82) is 0 Å². The molecule has 0 aliphatic rings. The van der Waals surface area contributed by atoms with Crippen LogP contribution >= 0.6 is 0 Å². The lowest BCUT2D eigenvalue weighted by Gasteiger charge is -2.19. The van der Waals surface area contributed by atoms with E-state index in [-0.39, 0.29) is 5.60 Å². The van der Waals surface area contributed by atoms with E-state index in [1.54, 1.807) is 24.3 Å². The van der Waals surface area contributed by atoms with Crippen LogP contribution in [0.5, 0.6) is 0 Å². The highest BCUT2D eigenvalue weighted by atomic mass is 16.5. The number of ether oxygens (including phenoxy) is 1. The Morgan fingerprint density at radius 3 is 2.58 bits per heavy atom. The molecule has 2 aromatic rings. The molecule has 2 rings (SSSR count). The number of aromatic nitrogens is 1. The zero-order valence-corrected chi connectivity index (χ0v) is 11.3. The maximum absolute atomic E-state index is 11.8. The van der Waals surface area contributed by atoms with Gasteiger partial charge in [0.15, 0.2) is 0 Å². The van der Waals surface area contributed by atoms with Crippen molar-refractivity contribution in [2.24, 2.45) is 0 Å². The van der Waals surface area contributed by atoms with Crippen LogP contribution in [-0.4, -0.2) is 16.8 Å². The topological polar surface area (TPSA) is 61.4 Å². The van der Waals surface area contributed by atoms with Crippen molar-refractivity contribution in [3.63, 3.8) is 0 Å². The summed E-state index contributed by atoms with van der Waals surface area (Å²) in [6.45, 7) is 6.55. The molecule has 102 valence electrons. The van der Waals surface area contributed by atoms with E-state index in [1.165, 1.54) is 4.57 Å². The first-order chi connectivity index (χ1) is 8.88. The Morgan fingerprint density at radius 2 is 1.89 bits per heavy atom. The van der Waals surface area contributed by atoms with Gasteiger partial charge in [0.25, 0.3) is 0 Å². The Labute approximate surface area is 110 Å². The number of fused-ring (bicyclic) bond motifs is 1. The van der Waals surface area contributed by atoms with Crippen molar-refractivity contribution in [1.82, 2.24) is 4.57 Å². The van der Waals surface area contributed by atoms with Crippen LogP contribution < -0.4 is 11.4 Å². The lowest BCUT2D eigenvalue weighted by atomic mass is 10.2. The highest BCUT2D eigenvalue weighted by Crippen LogP contribution is 2.09. The third kappa shape index (κ3) is 3.12. The number of hydrogen-bond acceptors (Lipinski definition) is 4.